The summed E-state index contributed by atoms with van der Waals surface area (Å²) in [5.74, 6) is 0. The Balaban J connectivity index is 0.885. The van der Waals surface area contributed by atoms with Gasteiger partial charge in [-0.3, -0.25) is 4.99 Å². The number of para-hydroxylation sites is 3. The van der Waals surface area contributed by atoms with Gasteiger partial charge in [-0.15, -0.1) is 0 Å². The van der Waals surface area contributed by atoms with Crippen LogP contribution in [0.2, 0.25) is 0 Å². The number of aromatic nitrogens is 2. The van der Waals surface area contributed by atoms with E-state index < -0.39 is 0 Å². The maximum absolute atomic E-state index is 9.33. The van der Waals surface area contributed by atoms with Gasteiger partial charge < -0.3 is 14.5 Å². The average molecular weight is 871 g/mol. The molecule has 12 rings (SSSR count). The molecule has 0 aliphatic heterocycles. The molecular weight excluding hydrogens is 825 g/mol. The minimum Gasteiger partial charge on any atom is -0.309 e. The Labute approximate surface area is 395 Å². The second-order valence-electron chi connectivity index (χ2n) is 17.5. The molecule has 0 bridgehead atoms. The van der Waals surface area contributed by atoms with Crippen molar-refractivity contribution in [3.05, 3.63) is 265 Å². The number of nitrogens with zero attached hydrogens (tertiary/aromatic N) is 3. The number of hydrogen-bond donors (Lipinski definition) is 1. The highest BCUT2D eigenvalue weighted by molar-refractivity contribution is 6.17. The summed E-state index contributed by atoms with van der Waals surface area (Å²) in [6.07, 6.45) is 0.406. The zero-order valence-corrected chi connectivity index (χ0v) is 37.4. The summed E-state index contributed by atoms with van der Waals surface area (Å²) < 4.78 is 4.74. The Morgan fingerprint density at radius 1 is 0.338 bits per heavy atom. The highest BCUT2D eigenvalue weighted by Gasteiger charge is 2.17. The number of aliphatic imine (C=N–C) groups is 1. The summed E-state index contributed by atoms with van der Waals surface area (Å²) >= 11 is 0. The molecule has 0 saturated heterocycles. The highest BCUT2D eigenvalue weighted by atomic mass is 15.0. The first kappa shape index (κ1) is 40.6. The van der Waals surface area contributed by atoms with Crippen LogP contribution in [0.4, 0.5) is 0 Å². The van der Waals surface area contributed by atoms with Crippen LogP contribution in [0.25, 0.3) is 88.4 Å². The zero-order valence-electron chi connectivity index (χ0n) is 37.4. The van der Waals surface area contributed by atoms with Gasteiger partial charge in [0, 0.05) is 50.8 Å². The van der Waals surface area contributed by atoms with Crippen LogP contribution in [0.1, 0.15) is 23.1 Å². The van der Waals surface area contributed by atoms with Crippen molar-refractivity contribution in [1.82, 2.24) is 9.13 Å². The van der Waals surface area contributed by atoms with Crippen LogP contribution in [0.15, 0.2) is 254 Å². The third kappa shape index (κ3) is 7.58. The highest BCUT2D eigenvalue weighted by Crippen LogP contribution is 2.38. The predicted molar refractivity (Wildman–Crippen MR) is 286 cm³/mol. The van der Waals surface area contributed by atoms with Gasteiger partial charge in [0.05, 0.1) is 28.6 Å². The van der Waals surface area contributed by atoms with Crippen molar-refractivity contribution < 1.29 is 0 Å². The lowest BCUT2D eigenvalue weighted by molar-refractivity contribution is 1.06. The molecule has 0 aliphatic rings. The molecule has 0 fully saturated rings. The Kier molecular flexibility index (Phi) is 10.5. The summed E-state index contributed by atoms with van der Waals surface area (Å²) in [5.41, 5.74) is 18.4. The molecule has 0 amide bonds. The van der Waals surface area contributed by atoms with Gasteiger partial charge in [-0.1, -0.05) is 188 Å². The summed E-state index contributed by atoms with van der Waals surface area (Å²) in [4.78, 5) is 5.25. The molecule has 322 valence electrons. The van der Waals surface area contributed by atoms with E-state index in [4.69, 9.17) is 4.99 Å². The average Bonchev–Trinajstić information content (AvgIpc) is 3.93. The second kappa shape index (κ2) is 17.5. The summed E-state index contributed by atoms with van der Waals surface area (Å²) in [5, 5.41) is 14.2. The number of hydrogen-bond acceptors (Lipinski definition) is 2. The lowest BCUT2D eigenvalue weighted by Crippen LogP contribution is -2.11. The quantitative estimate of drug-likeness (QED) is 0.126. The van der Waals surface area contributed by atoms with Crippen LogP contribution in [0, 0.1) is 5.41 Å². The molecular formula is C64H46N4. The smallest absolute Gasteiger partial charge is 0.0643 e. The molecule has 1 N–H and O–H groups in total. The van der Waals surface area contributed by atoms with Crippen LogP contribution in [-0.4, -0.2) is 20.6 Å². The molecule has 4 heteroatoms. The molecule has 12 aromatic rings. The summed E-state index contributed by atoms with van der Waals surface area (Å²) in [7, 11) is 0. The molecule has 0 radical (unpaired) electrons. The Morgan fingerprint density at radius 2 is 0.735 bits per heavy atom. The number of rotatable bonds is 11. The van der Waals surface area contributed by atoms with E-state index >= 15 is 0 Å². The van der Waals surface area contributed by atoms with Gasteiger partial charge in [-0.25, -0.2) is 0 Å². The van der Waals surface area contributed by atoms with Gasteiger partial charge in [-0.2, -0.15) is 0 Å². The van der Waals surface area contributed by atoms with Gasteiger partial charge in [0.25, 0.3) is 0 Å². The van der Waals surface area contributed by atoms with Crippen molar-refractivity contribution in [3.8, 4) is 44.8 Å². The largest absolute Gasteiger partial charge is 0.309 e. The minimum atomic E-state index is 0.406. The summed E-state index contributed by atoms with van der Waals surface area (Å²) in [6.45, 7) is 0.517. The maximum Gasteiger partial charge on any atom is 0.0643 e. The molecule has 0 aliphatic carbocycles. The van der Waals surface area contributed by atoms with Crippen molar-refractivity contribution in [2.24, 2.45) is 4.99 Å². The van der Waals surface area contributed by atoms with E-state index in [0.29, 0.717) is 18.7 Å². The Morgan fingerprint density at radius 3 is 1.26 bits per heavy atom. The van der Waals surface area contributed by atoms with Crippen molar-refractivity contribution in [3.63, 3.8) is 0 Å². The van der Waals surface area contributed by atoms with Crippen LogP contribution in [-0.2, 0) is 6.54 Å². The van der Waals surface area contributed by atoms with E-state index in [9.17, 15) is 5.41 Å². The van der Waals surface area contributed by atoms with Crippen molar-refractivity contribution >= 4 is 55.0 Å². The first-order valence-corrected chi connectivity index (χ1v) is 23.3. The molecule has 0 atom stereocenters. The van der Waals surface area contributed by atoms with E-state index in [1.807, 2.05) is 12.1 Å². The van der Waals surface area contributed by atoms with Crippen molar-refractivity contribution in [2.45, 2.75) is 13.0 Å². The van der Waals surface area contributed by atoms with E-state index in [2.05, 4.69) is 246 Å². The van der Waals surface area contributed by atoms with Crippen LogP contribution >= 0.6 is 0 Å². The Bertz CT molecular complexity index is 3810. The third-order valence-corrected chi connectivity index (χ3v) is 13.3. The van der Waals surface area contributed by atoms with Gasteiger partial charge in [0.2, 0.25) is 0 Å². The van der Waals surface area contributed by atoms with Gasteiger partial charge in [0.1, 0.15) is 0 Å². The fourth-order valence-corrected chi connectivity index (χ4v) is 9.87. The molecule has 2 aromatic heterocycles. The van der Waals surface area contributed by atoms with Crippen molar-refractivity contribution in [2.75, 3.05) is 0 Å². The zero-order chi connectivity index (χ0) is 45.4. The molecule has 0 saturated carbocycles. The molecule has 4 nitrogen and oxygen atoms in total. The lowest BCUT2D eigenvalue weighted by atomic mass is 9.97. The maximum atomic E-state index is 9.33. The van der Waals surface area contributed by atoms with E-state index in [-0.39, 0.29) is 0 Å². The van der Waals surface area contributed by atoms with Crippen LogP contribution in [0.3, 0.4) is 0 Å². The van der Waals surface area contributed by atoms with Gasteiger partial charge >= 0.3 is 0 Å². The molecule has 2 heterocycles. The number of benzene rings is 10. The predicted octanol–water partition coefficient (Wildman–Crippen LogP) is 16.3. The molecule has 10 aromatic carbocycles. The van der Waals surface area contributed by atoms with E-state index in [1.54, 1.807) is 0 Å². The molecule has 0 spiro atoms. The van der Waals surface area contributed by atoms with E-state index in [0.717, 1.165) is 55.9 Å². The fourth-order valence-electron chi connectivity index (χ4n) is 9.87. The SMILES string of the molecule is N=C(CC(=NCc1ccc(-c2ccccc2)cc1)c1ccc(-n2c3ccccc3c3cc(-c4ccc5c(c4)c4ccccc4n5-c4ccccc4)ccc32)cc1)c1ccc(-c2ccccc2)cc1. The lowest BCUT2D eigenvalue weighted by Gasteiger charge is -2.13. The van der Waals surface area contributed by atoms with Crippen molar-refractivity contribution in [1.29, 1.82) is 5.41 Å². The normalized spacial score (nSPS) is 11.8. The first-order valence-electron chi connectivity index (χ1n) is 23.3. The summed E-state index contributed by atoms with van der Waals surface area (Å²) in [6, 6.07) is 88.4. The van der Waals surface area contributed by atoms with Crippen LogP contribution in [0.5, 0.6) is 0 Å². The molecule has 0 unspecified atom stereocenters. The minimum absolute atomic E-state index is 0.406. The topological polar surface area (TPSA) is 46.1 Å². The van der Waals surface area contributed by atoms with Crippen LogP contribution < -0.4 is 0 Å². The standard InChI is InChI=1S/C64H46N4/c65-59(49-30-28-48(29-31-49)46-16-6-2-7-17-46)42-60(66-43-44-24-26-47(27-25-44)45-14-4-1-5-15-45)50-32-36-54(37-33-50)68-62-23-13-11-21-56(62)58-41-52(35-39-64(58)68)51-34-38-63-57(40-51)55-20-10-12-22-61(55)67(63)53-18-8-3-9-19-53/h1-41,65H,42-43H2. The van der Waals surface area contributed by atoms with E-state index in [1.165, 1.54) is 54.8 Å². The Hall–Kier alpha value is -8.86. The fraction of sp³-hybridized carbons (Fsp3) is 0.0312. The molecule has 68 heavy (non-hydrogen) atoms. The third-order valence-electron chi connectivity index (χ3n) is 13.3. The monoisotopic (exact) mass is 870 g/mol. The second-order valence-corrected chi connectivity index (χ2v) is 17.5. The van der Waals surface area contributed by atoms with Gasteiger partial charge in [-0.05, 0) is 111 Å². The van der Waals surface area contributed by atoms with Gasteiger partial charge in [0.15, 0.2) is 0 Å². The number of fused-ring (bicyclic) bond motifs is 6. The number of nitrogens with one attached hydrogen (secondary N) is 1. The first-order chi connectivity index (χ1) is 33.6.